The zero-order valence-corrected chi connectivity index (χ0v) is 16.9. The smallest absolute Gasteiger partial charge is 0.303 e. The number of para-hydroxylation sites is 1. The topological polar surface area (TPSA) is 85.9 Å². The van der Waals surface area contributed by atoms with Crippen LogP contribution in [0.25, 0.3) is 17.0 Å². The van der Waals surface area contributed by atoms with Gasteiger partial charge in [0.15, 0.2) is 11.6 Å². The molecule has 1 atom stereocenters. The molecule has 0 amide bonds. The maximum absolute atomic E-state index is 14.3. The van der Waals surface area contributed by atoms with Gasteiger partial charge < -0.3 is 14.8 Å². The summed E-state index contributed by atoms with van der Waals surface area (Å²) in [4.78, 5) is 3.01. The first-order valence-electron chi connectivity index (χ1n) is 8.81. The summed E-state index contributed by atoms with van der Waals surface area (Å²) in [5.41, 5.74) is 2.24. The molecule has 9 heteroatoms. The van der Waals surface area contributed by atoms with E-state index in [2.05, 4.69) is 4.98 Å². The highest BCUT2D eigenvalue weighted by Gasteiger charge is 2.36. The number of fused-ring (bicyclic) bond motifs is 2. The van der Waals surface area contributed by atoms with Crippen LogP contribution < -0.4 is 4.74 Å². The number of H-pyrrole nitrogens is 1. The second-order valence-electron chi connectivity index (χ2n) is 6.90. The van der Waals surface area contributed by atoms with Gasteiger partial charge in [-0.1, -0.05) is 12.1 Å². The third-order valence-electron chi connectivity index (χ3n) is 5.06. The van der Waals surface area contributed by atoms with E-state index in [0.717, 1.165) is 4.31 Å². The second kappa shape index (κ2) is 6.78. The summed E-state index contributed by atoms with van der Waals surface area (Å²) in [6.45, 7) is 0. The van der Waals surface area contributed by atoms with Crippen LogP contribution >= 0.6 is 0 Å². The number of phenolic OH excluding ortho intramolecular Hbond substituents is 1. The Balaban J connectivity index is 2.02. The van der Waals surface area contributed by atoms with Crippen LogP contribution in [0.15, 0.2) is 42.7 Å². The van der Waals surface area contributed by atoms with Gasteiger partial charge in [-0.25, -0.2) is 4.39 Å². The Bertz CT molecular complexity index is 1230. The highest BCUT2D eigenvalue weighted by molar-refractivity contribution is 7.86. The van der Waals surface area contributed by atoms with E-state index in [1.165, 1.54) is 43.8 Å². The first-order chi connectivity index (χ1) is 13.8. The molecule has 1 unspecified atom stereocenters. The molecule has 2 N–H and O–H groups in total. The molecule has 2 heterocycles. The van der Waals surface area contributed by atoms with Crippen LogP contribution in [0.2, 0.25) is 0 Å². The molecule has 0 bridgehead atoms. The summed E-state index contributed by atoms with van der Waals surface area (Å²) < 4.78 is 47.9. The molecule has 4 rings (SSSR count). The third kappa shape index (κ3) is 2.93. The number of phenols is 1. The van der Waals surface area contributed by atoms with E-state index in [0.29, 0.717) is 27.6 Å². The molecule has 7 nitrogen and oxygen atoms in total. The Morgan fingerprint density at radius 1 is 1.24 bits per heavy atom. The Hall–Kier alpha value is -3.04. The van der Waals surface area contributed by atoms with Crippen LogP contribution in [0.1, 0.15) is 22.7 Å². The summed E-state index contributed by atoms with van der Waals surface area (Å²) in [5.74, 6) is -0.455. The fourth-order valence-electron chi connectivity index (χ4n) is 3.59. The molecule has 29 heavy (non-hydrogen) atoms. The summed E-state index contributed by atoms with van der Waals surface area (Å²) in [6, 6.07) is 7.07. The number of hydrogen-bond donors (Lipinski definition) is 2. The van der Waals surface area contributed by atoms with Gasteiger partial charge in [0.1, 0.15) is 5.75 Å². The van der Waals surface area contributed by atoms with E-state index in [9.17, 15) is 17.9 Å². The Kier molecular flexibility index (Phi) is 4.51. The van der Waals surface area contributed by atoms with Crippen molar-refractivity contribution >= 4 is 27.2 Å². The number of ether oxygens (including phenoxy) is 1. The van der Waals surface area contributed by atoms with E-state index >= 15 is 0 Å². The number of methoxy groups -OCH3 is 1. The van der Waals surface area contributed by atoms with Crippen molar-refractivity contribution in [2.45, 2.75) is 6.04 Å². The second-order valence-corrected chi connectivity index (χ2v) is 8.95. The van der Waals surface area contributed by atoms with E-state index in [1.807, 2.05) is 0 Å². The van der Waals surface area contributed by atoms with Gasteiger partial charge in [0.05, 0.1) is 18.7 Å². The molecular weight excluding hydrogens is 397 g/mol. The average molecular weight is 417 g/mol. The standard InChI is InChI=1S/C20H20FN3O4S/c1-23(2)29(26,27)24-8-7-12-9-16(21)18(28-3)10-14(12)20(24)15-11-22-19-13(15)5-4-6-17(19)25/h4-11,20,22,25H,1-3H3. The van der Waals surface area contributed by atoms with E-state index in [1.54, 1.807) is 30.5 Å². The van der Waals surface area contributed by atoms with Gasteiger partial charge >= 0.3 is 10.2 Å². The van der Waals surface area contributed by atoms with Gasteiger partial charge in [-0.15, -0.1) is 0 Å². The largest absolute Gasteiger partial charge is 0.506 e. The number of halogens is 1. The predicted molar refractivity (Wildman–Crippen MR) is 108 cm³/mol. The van der Waals surface area contributed by atoms with Crippen molar-refractivity contribution in [2.24, 2.45) is 0 Å². The molecule has 152 valence electrons. The van der Waals surface area contributed by atoms with Crippen molar-refractivity contribution in [1.29, 1.82) is 0 Å². The molecule has 1 aliphatic rings. The van der Waals surface area contributed by atoms with Crippen molar-refractivity contribution in [3.8, 4) is 11.5 Å². The number of aromatic amines is 1. The van der Waals surface area contributed by atoms with Crippen LogP contribution in [-0.4, -0.2) is 48.3 Å². The van der Waals surface area contributed by atoms with Crippen LogP contribution in [0, 0.1) is 5.82 Å². The van der Waals surface area contributed by atoms with Gasteiger partial charge in [0.2, 0.25) is 0 Å². The van der Waals surface area contributed by atoms with Crippen LogP contribution in [-0.2, 0) is 10.2 Å². The highest BCUT2D eigenvalue weighted by Crippen LogP contribution is 2.43. The van der Waals surface area contributed by atoms with Crippen molar-refractivity contribution in [2.75, 3.05) is 21.2 Å². The van der Waals surface area contributed by atoms with Gasteiger partial charge in [-0.3, -0.25) is 4.31 Å². The van der Waals surface area contributed by atoms with Crippen molar-refractivity contribution in [3.05, 3.63) is 65.2 Å². The van der Waals surface area contributed by atoms with Crippen LogP contribution in [0.5, 0.6) is 11.5 Å². The normalized spacial score (nSPS) is 16.4. The summed E-state index contributed by atoms with van der Waals surface area (Å²) >= 11 is 0. The lowest BCUT2D eigenvalue weighted by Crippen LogP contribution is -2.40. The zero-order chi connectivity index (χ0) is 20.9. The predicted octanol–water partition coefficient (Wildman–Crippen LogP) is 3.20. The highest BCUT2D eigenvalue weighted by atomic mass is 32.2. The number of aromatic hydroxyl groups is 1. The molecule has 0 radical (unpaired) electrons. The third-order valence-corrected chi connectivity index (χ3v) is 6.84. The Morgan fingerprint density at radius 2 is 2.00 bits per heavy atom. The molecule has 0 spiro atoms. The minimum Gasteiger partial charge on any atom is -0.506 e. The first-order valence-corrected chi connectivity index (χ1v) is 10.2. The molecular formula is C20H20FN3O4S. The summed E-state index contributed by atoms with van der Waals surface area (Å²) in [5, 5.41) is 10.8. The lowest BCUT2D eigenvalue weighted by Gasteiger charge is -2.35. The van der Waals surface area contributed by atoms with Crippen LogP contribution in [0.4, 0.5) is 4.39 Å². The minimum atomic E-state index is -3.86. The fourth-order valence-corrected chi connectivity index (χ4v) is 4.67. The molecule has 0 fully saturated rings. The van der Waals surface area contributed by atoms with E-state index < -0.39 is 22.1 Å². The number of benzene rings is 2. The lowest BCUT2D eigenvalue weighted by molar-refractivity contribution is 0.379. The van der Waals surface area contributed by atoms with E-state index in [-0.39, 0.29) is 11.5 Å². The van der Waals surface area contributed by atoms with Crippen molar-refractivity contribution in [3.63, 3.8) is 0 Å². The van der Waals surface area contributed by atoms with Gasteiger partial charge in [0, 0.05) is 37.4 Å². The van der Waals surface area contributed by atoms with Crippen molar-refractivity contribution in [1.82, 2.24) is 13.6 Å². The van der Waals surface area contributed by atoms with Gasteiger partial charge in [0.25, 0.3) is 0 Å². The maximum Gasteiger partial charge on any atom is 0.303 e. The van der Waals surface area contributed by atoms with Crippen LogP contribution in [0.3, 0.4) is 0 Å². The quantitative estimate of drug-likeness (QED) is 0.683. The van der Waals surface area contributed by atoms with Gasteiger partial charge in [-0.2, -0.15) is 12.7 Å². The lowest BCUT2D eigenvalue weighted by atomic mass is 9.91. The molecule has 1 aromatic heterocycles. The molecule has 3 aromatic rings. The molecule has 2 aromatic carbocycles. The number of hydrogen-bond acceptors (Lipinski definition) is 4. The molecule has 0 saturated heterocycles. The monoisotopic (exact) mass is 417 g/mol. The number of rotatable bonds is 4. The summed E-state index contributed by atoms with van der Waals surface area (Å²) in [7, 11) is 0.393. The van der Waals surface area contributed by atoms with Gasteiger partial charge in [-0.05, 0) is 35.4 Å². The molecule has 1 aliphatic heterocycles. The maximum atomic E-state index is 14.3. The number of aromatic nitrogens is 1. The molecule has 0 aliphatic carbocycles. The van der Waals surface area contributed by atoms with Crippen molar-refractivity contribution < 1.29 is 22.7 Å². The Labute approximate surface area is 167 Å². The Morgan fingerprint density at radius 3 is 2.69 bits per heavy atom. The molecule has 0 saturated carbocycles. The minimum absolute atomic E-state index is 0.0222. The first kappa shape index (κ1) is 19.3. The summed E-state index contributed by atoms with van der Waals surface area (Å²) in [6.07, 6.45) is 4.64. The van der Waals surface area contributed by atoms with E-state index in [4.69, 9.17) is 4.74 Å². The number of nitrogens with zero attached hydrogens (tertiary/aromatic N) is 2. The number of nitrogens with one attached hydrogen (secondary N) is 1. The SMILES string of the molecule is COc1cc2c(cc1F)C=CN(S(=O)(=O)N(C)C)C2c1c[nH]c2c(O)cccc12. The average Bonchev–Trinajstić information content (AvgIpc) is 3.11. The zero-order valence-electron chi connectivity index (χ0n) is 16.0. The fraction of sp³-hybridized carbons (Fsp3) is 0.200.